The van der Waals surface area contributed by atoms with Gasteiger partial charge in [-0.1, -0.05) is 0 Å². The molecule has 9 heteroatoms. The highest BCUT2D eigenvalue weighted by atomic mass is 35.5. The number of sulfonamides is 1. The molecule has 0 aromatic carbocycles. The second kappa shape index (κ2) is 7.26. The minimum atomic E-state index is -3.56. The minimum absolute atomic E-state index is 0. The summed E-state index contributed by atoms with van der Waals surface area (Å²) in [6, 6.07) is 3.68. The Bertz CT molecular complexity index is 604. The molecule has 0 saturated heterocycles. The molecule has 2 rings (SSSR count). The predicted octanol–water partition coefficient (Wildman–Crippen LogP) is 2.48. The zero-order valence-electron chi connectivity index (χ0n) is 10.2. The first-order valence-corrected chi connectivity index (χ1v) is 9.83. The van der Waals surface area contributed by atoms with Crippen molar-refractivity contribution in [3.05, 3.63) is 17.0 Å². The van der Waals surface area contributed by atoms with E-state index in [0.29, 0.717) is 0 Å². The standard InChI is InChI=1S/C10H14N2O2S4.ClH/c1-15-3-2-12-6-8-4-7-5-9(18(11,13)14)17-10(7)16-8;/h4-5,12H,2-3,6H2,1H3,(H2,11,13,14);1H. The Balaban J connectivity index is 0.00000180. The van der Waals surface area contributed by atoms with Crippen molar-refractivity contribution < 1.29 is 8.42 Å². The predicted molar refractivity (Wildman–Crippen MR) is 88.4 cm³/mol. The highest BCUT2D eigenvalue weighted by Gasteiger charge is 2.14. The van der Waals surface area contributed by atoms with Crippen LogP contribution in [0.15, 0.2) is 16.3 Å². The monoisotopic (exact) mass is 358 g/mol. The largest absolute Gasteiger partial charge is 0.311 e. The molecule has 0 atom stereocenters. The number of halogens is 1. The van der Waals surface area contributed by atoms with Crippen LogP contribution in [0.5, 0.6) is 0 Å². The van der Waals surface area contributed by atoms with Gasteiger partial charge in [-0.3, -0.25) is 0 Å². The van der Waals surface area contributed by atoms with E-state index in [1.165, 1.54) is 16.2 Å². The van der Waals surface area contributed by atoms with Crippen molar-refractivity contribution in [2.45, 2.75) is 10.8 Å². The third-order valence-corrected chi connectivity index (χ3v) is 6.73. The summed E-state index contributed by atoms with van der Waals surface area (Å²) in [5.41, 5.74) is 0. The molecule has 0 spiro atoms. The molecule has 0 aliphatic carbocycles. The highest BCUT2D eigenvalue weighted by Crippen LogP contribution is 2.35. The van der Waals surface area contributed by atoms with Gasteiger partial charge in [0.05, 0.1) is 4.01 Å². The number of nitrogens with two attached hydrogens (primary N) is 1. The van der Waals surface area contributed by atoms with Crippen LogP contribution in [0.25, 0.3) is 9.40 Å². The molecule has 108 valence electrons. The van der Waals surface area contributed by atoms with Crippen LogP contribution >= 0.6 is 46.8 Å². The number of hydrogen-bond donors (Lipinski definition) is 2. The molecule has 0 bridgehead atoms. The SMILES string of the molecule is CSCCNCc1cc2cc(S(N)(=O)=O)sc2s1.Cl. The third-order valence-electron chi connectivity index (χ3n) is 2.31. The third kappa shape index (κ3) is 4.59. The molecule has 0 aliphatic heterocycles. The lowest BCUT2D eigenvalue weighted by atomic mass is 10.3. The number of fused-ring (bicyclic) bond motifs is 1. The van der Waals surface area contributed by atoms with Crippen LogP contribution in [0.1, 0.15) is 4.88 Å². The summed E-state index contributed by atoms with van der Waals surface area (Å²) in [6.07, 6.45) is 2.08. The molecule has 4 nitrogen and oxygen atoms in total. The fraction of sp³-hybridized carbons (Fsp3) is 0.400. The molecular weight excluding hydrogens is 344 g/mol. The van der Waals surface area contributed by atoms with E-state index in [2.05, 4.69) is 11.6 Å². The quantitative estimate of drug-likeness (QED) is 0.778. The molecule has 0 radical (unpaired) electrons. The molecule has 0 fully saturated rings. The first-order valence-electron chi connectivity index (χ1n) is 5.25. The summed E-state index contributed by atoms with van der Waals surface area (Å²) in [5, 5.41) is 9.42. The summed E-state index contributed by atoms with van der Waals surface area (Å²) >= 11 is 4.67. The van der Waals surface area contributed by atoms with E-state index in [4.69, 9.17) is 5.14 Å². The number of rotatable bonds is 6. The summed E-state index contributed by atoms with van der Waals surface area (Å²) in [7, 11) is -3.56. The van der Waals surface area contributed by atoms with Gasteiger partial charge in [-0.05, 0) is 18.4 Å². The molecule has 0 saturated carbocycles. The second-order valence-electron chi connectivity index (χ2n) is 3.74. The van der Waals surface area contributed by atoms with Gasteiger partial charge in [-0.25, -0.2) is 13.6 Å². The van der Waals surface area contributed by atoms with Gasteiger partial charge in [-0.15, -0.1) is 35.1 Å². The number of hydrogen-bond acceptors (Lipinski definition) is 6. The average Bonchev–Trinajstić information content (AvgIpc) is 2.80. The van der Waals surface area contributed by atoms with E-state index in [1.54, 1.807) is 17.4 Å². The summed E-state index contributed by atoms with van der Waals surface area (Å²) in [4.78, 5) is 1.22. The summed E-state index contributed by atoms with van der Waals surface area (Å²) in [6.45, 7) is 1.81. The van der Waals surface area contributed by atoms with Crippen LogP contribution in [0, 0.1) is 0 Å². The molecule has 19 heavy (non-hydrogen) atoms. The Morgan fingerprint density at radius 1 is 1.37 bits per heavy atom. The van der Waals surface area contributed by atoms with Crippen molar-refractivity contribution in [1.82, 2.24) is 5.32 Å². The maximum absolute atomic E-state index is 11.2. The van der Waals surface area contributed by atoms with Crippen LogP contribution in [0.4, 0.5) is 0 Å². The van der Waals surface area contributed by atoms with Gasteiger partial charge in [0, 0.05) is 29.1 Å². The van der Waals surface area contributed by atoms with Gasteiger partial charge in [0.2, 0.25) is 10.0 Å². The van der Waals surface area contributed by atoms with Gasteiger partial charge >= 0.3 is 0 Å². The van der Waals surface area contributed by atoms with Gasteiger partial charge in [-0.2, -0.15) is 11.8 Å². The lowest BCUT2D eigenvalue weighted by molar-refractivity contribution is 0.600. The Hall–Kier alpha value is 0.170. The Morgan fingerprint density at radius 2 is 2.11 bits per heavy atom. The first kappa shape index (κ1) is 17.2. The number of thioether (sulfide) groups is 1. The lowest BCUT2D eigenvalue weighted by Gasteiger charge is -1.99. The molecule has 0 unspecified atom stereocenters. The average molecular weight is 359 g/mol. The molecule has 2 aromatic rings. The fourth-order valence-electron chi connectivity index (χ4n) is 1.48. The zero-order valence-corrected chi connectivity index (χ0v) is 14.3. The first-order chi connectivity index (χ1) is 8.50. The number of primary sulfonamides is 1. The Labute approximate surface area is 131 Å². The van der Waals surface area contributed by atoms with Crippen molar-refractivity contribution in [3.8, 4) is 0 Å². The van der Waals surface area contributed by atoms with Gasteiger partial charge in [0.15, 0.2) is 0 Å². The van der Waals surface area contributed by atoms with Crippen molar-refractivity contribution in [2.75, 3.05) is 18.6 Å². The van der Waals surface area contributed by atoms with E-state index < -0.39 is 10.0 Å². The highest BCUT2D eigenvalue weighted by molar-refractivity contribution is 7.98. The van der Waals surface area contributed by atoms with E-state index in [1.807, 2.05) is 17.8 Å². The second-order valence-corrected chi connectivity index (χ2v) is 8.96. The van der Waals surface area contributed by atoms with E-state index in [-0.39, 0.29) is 16.6 Å². The maximum atomic E-state index is 11.2. The smallest absolute Gasteiger partial charge is 0.247 e. The molecule has 0 aliphatic rings. The number of thiophene rings is 2. The molecule has 3 N–H and O–H groups in total. The Morgan fingerprint density at radius 3 is 2.68 bits per heavy atom. The van der Waals surface area contributed by atoms with Crippen LogP contribution in [0.3, 0.4) is 0 Å². The van der Waals surface area contributed by atoms with E-state index in [0.717, 1.165) is 28.2 Å². The van der Waals surface area contributed by atoms with Gasteiger partial charge in [0.1, 0.15) is 4.21 Å². The van der Waals surface area contributed by atoms with Crippen molar-refractivity contribution in [1.29, 1.82) is 0 Å². The minimum Gasteiger partial charge on any atom is -0.311 e. The van der Waals surface area contributed by atoms with Crippen LogP contribution in [0.2, 0.25) is 0 Å². The van der Waals surface area contributed by atoms with E-state index in [9.17, 15) is 8.42 Å². The maximum Gasteiger partial charge on any atom is 0.247 e. The van der Waals surface area contributed by atoms with Crippen LogP contribution < -0.4 is 10.5 Å². The van der Waals surface area contributed by atoms with Gasteiger partial charge in [0.25, 0.3) is 0 Å². The summed E-state index contributed by atoms with van der Waals surface area (Å²) < 4.78 is 23.7. The van der Waals surface area contributed by atoms with Crippen molar-refractivity contribution >= 4 is 66.3 Å². The van der Waals surface area contributed by atoms with E-state index >= 15 is 0 Å². The topological polar surface area (TPSA) is 72.2 Å². The Kier molecular flexibility index (Phi) is 6.58. The molecule has 0 amide bonds. The summed E-state index contributed by atoms with van der Waals surface area (Å²) in [5.74, 6) is 1.09. The van der Waals surface area contributed by atoms with Crippen molar-refractivity contribution in [3.63, 3.8) is 0 Å². The number of nitrogens with one attached hydrogen (secondary N) is 1. The van der Waals surface area contributed by atoms with Crippen LogP contribution in [-0.2, 0) is 16.6 Å². The van der Waals surface area contributed by atoms with Gasteiger partial charge < -0.3 is 5.32 Å². The fourth-order valence-corrected chi connectivity index (χ4v) is 5.19. The zero-order chi connectivity index (χ0) is 13.2. The molecular formula is C10H15ClN2O2S4. The molecule has 2 heterocycles. The molecule has 2 aromatic heterocycles. The lowest BCUT2D eigenvalue weighted by Crippen LogP contribution is -2.15. The van der Waals surface area contributed by atoms with Crippen LogP contribution in [-0.4, -0.2) is 27.0 Å². The normalized spacial score (nSPS) is 11.7. The van der Waals surface area contributed by atoms with Crippen molar-refractivity contribution in [2.24, 2.45) is 5.14 Å².